The fourth-order valence-electron chi connectivity index (χ4n) is 2.94. The maximum Gasteiger partial charge on any atom is 0.289 e. The minimum atomic E-state index is -3.34. The molecule has 0 radical (unpaired) electrons. The molecule has 0 spiro atoms. The Kier molecular flexibility index (Phi) is 7.35. The van der Waals surface area contributed by atoms with Crippen molar-refractivity contribution in [1.29, 1.82) is 0 Å². The zero-order valence-corrected chi connectivity index (χ0v) is 18.4. The van der Waals surface area contributed by atoms with E-state index in [9.17, 15) is 13.2 Å². The van der Waals surface area contributed by atoms with Crippen molar-refractivity contribution >= 4 is 21.6 Å². The lowest BCUT2D eigenvalue weighted by atomic mass is 10.2. The normalized spacial score (nSPS) is 11.3. The van der Waals surface area contributed by atoms with E-state index in [2.05, 4.69) is 30.8 Å². The predicted octanol–water partition coefficient (Wildman–Crippen LogP) is 1.82. The molecule has 0 saturated carbocycles. The average Bonchev–Trinajstić information content (AvgIpc) is 3.24. The molecule has 0 aliphatic heterocycles. The summed E-state index contributed by atoms with van der Waals surface area (Å²) >= 11 is 0. The number of nitrogens with zero attached hydrogens (tertiary/aromatic N) is 3. The molecule has 9 nitrogen and oxygen atoms in total. The van der Waals surface area contributed by atoms with Gasteiger partial charge in [-0.15, -0.1) is 0 Å². The van der Waals surface area contributed by atoms with Gasteiger partial charge in [0.15, 0.2) is 9.84 Å². The third kappa shape index (κ3) is 6.61. The highest BCUT2D eigenvalue weighted by Crippen LogP contribution is 2.15. The standard InChI is InChI=1S/C21H26N6O3S/c1-15-16(2)26-20(27-19(15)22-9-8-18-12-24-25-13-18)21(28)23-10-11-31(29,30)14-17-6-4-3-5-7-17/h3-7,12-13H,8-11,14H2,1-2H3,(H,23,28)(H,24,25)(H,22,26,27). The van der Waals surface area contributed by atoms with Gasteiger partial charge in [-0.05, 0) is 31.4 Å². The Hall–Kier alpha value is -3.27. The molecule has 0 aliphatic rings. The maximum atomic E-state index is 12.5. The topological polar surface area (TPSA) is 130 Å². The molecule has 1 amide bonds. The van der Waals surface area contributed by atoms with Gasteiger partial charge in [-0.25, -0.2) is 18.4 Å². The number of anilines is 1. The van der Waals surface area contributed by atoms with Crippen LogP contribution in [0.5, 0.6) is 0 Å². The van der Waals surface area contributed by atoms with E-state index in [-0.39, 0.29) is 23.9 Å². The summed E-state index contributed by atoms with van der Waals surface area (Å²) in [5, 5.41) is 12.5. The molecule has 3 rings (SSSR count). The monoisotopic (exact) mass is 442 g/mol. The maximum absolute atomic E-state index is 12.5. The molecule has 0 unspecified atom stereocenters. The summed E-state index contributed by atoms with van der Waals surface area (Å²) in [6, 6.07) is 8.95. The van der Waals surface area contributed by atoms with E-state index in [1.54, 1.807) is 37.4 Å². The number of nitrogens with one attached hydrogen (secondary N) is 3. The fourth-order valence-corrected chi connectivity index (χ4v) is 4.20. The first-order valence-corrected chi connectivity index (χ1v) is 11.8. The number of aryl methyl sites for hydroxylation is 1. The van der Waals surface area contributed by atoms with Crippen LogP contribution >= 0.6 is 0 Å². The van der Waals surface area contributed by atoms with Gasteiger partial charge in [0.2, 0.25) is 5.82 Å². The second-order valence-corrected chi connectivity index (χ2v) is 9.41. The molecule has 0 fully saturated rings. The van der Waals surface area contributed by atoms with Crippen molar-refractivity contribution in [2.75, 3.05) is 24.2 Å². The molecule has 0 aliphatic carbocycles. The molecule has 2 aromatic heterocycles. The number of sulfone groups is 1. The van der Waals surface area contributed by atoms with Gasteiger partial charge in [-0.1, -0.05) is 30.3 Å². The summed E-state index contributed by atoms with van der Waals surface area (Å²) in [5.41, 5.74) is 3.32. The first-order valence-electron chi connectivity index (χ1n) is 9.93. The largest absolute Gasteiger partial charge is 0.369 e. The number of amides is 1. The van der Waals surface area contributed by atoms with Crippen molar-refractivity contribution in [1.82, 2.24) is 25.5 Å². The van der Waals surface area contributed by atoms with Gasteiger partial charge in [0, 0.05) is 30.5 Å². The van der Waals surface area contributed by atoms with Crippen LogP contribution < -0.4 is 10.6 Å². The van der Waals surface area contributed by atoms with Gasteiger partial charge in [0.25, 0.3) is 5.91 Å². The number of H-pyrrole nitrogens is 1. The predicted molar refractivity (Wildman–Crippen MR) is 119 cm³/mol. The average molecular weight is 443 g/mol. The number of benzene rings is 1. The quantitative estimate of drug-likeness (QED) is 0.437. The summed E-state index contributed by atoms with van der Waals surface area (Å²) in [7, 11) is -3.34. The molecule has 1 aromatic carbocycles. The van der Waals surface area contributed by atoms with Crippen LogP contribution in [0.4, 0.5) is 5.82 Å². The fraction of sp³-hybridized carbons (Fsp3) is 0.333. The van der Waals surface area contributed by atoms with E-state index in [0.717, 1.165) is 23.1 Å². The lowest BCUT2D eigenvalue weighted by Gasteiger charge is -2.12. The minimum absolute atomic E-state index is 0.00641. The molecule has 31 heavy (non-hydrogen) atoms. The Morgan fingerprint density at radius 3 is 2.55 bits per heavy atom. The Morgan fingerprint density at radius 1 is 1.06 bits per heavy atom. The molecule has 3 N–H and O–H groups in total. The third-order valence-corrected chi connectivity index (χ3v) is 6.38. The zero-order valence-electron chi connectivity index (χ0n) is 17.6. The van der Waals surface area contributed by atoms with Crippen molar-refractivity contribution < 1.29 is 13.2 Å². The summed E-state index contributed by atoms with van der Waals surface area (Å²) in [6.07, 6.45) is 4.33. The number of rotatable bonds is 10. The number of aromatic nitrogens is 4. The first kappa shape index (κ1) is 22.4. The van der Waals surface area contributed by atoms with E-state index in [4.69, 9.17) is 0 Å². The highest BCUT2D eigenvalue weighted by atomic mass is 32.2. The summed E-state index contributed by atoms with van der Waals surface area (Å²) in [4.78, 5) is 21.1. The van der Waals surface area contributed by atoms with Crippen LogP contribution in [0.15, 0.2) is 42.7 Å². The van der Waals surface area contributed by atoms with Crippen LogP contribution in [0.2, 0.25) is 0 Å². The van der Waals surface area contributed by atoms with Gasteiger partial charge in [-0.3, -0.25) is 9.89 Å². The smallest absolute Gasteiger partial charge is 0.289 e. The van der Waals surface area contributed by atoms with Gasteiger partial charge in [-0.2, -0.15) is 5.10 Å². The Morgan fingerprint density at radius 2 is 1.84 bits per heavy atom. The van der Waals surface area contributed by atoms with Crippen LogP contribution in [-0.4, -0.2) is 53.3 Å². The van der Waals surface area contributed by atoms with E-state index in [1.165, 1.54) is 0 Å². The van der Waals surface area contributed by atoms with Crippen molar-refractivity contribution in [3.63, 3.8) is 0 Å². The second-order valence-electron chi connectivity index (χ2n) is 7.22. The summed E-state index contributed by atoms with van der Waals surface area (Å²) in [5.74, 6) is -0.133. The molecular formula is C21H26N6O3S. The molecular weight excluding hydrogens is 416 g/mol. The van der Waals surface area contributed by atoms with E-state index < -0.39 is 15.7 Å². The molecule has 10 heteroatoms. The molecule has 164 valence electrons. The molecule has 2 heterocycles. The highest BCUT2D eigenvalue weighted by Gasteiger charge is 2.16. The third-order valence-electron chi connectivity index (χ3n) is 4.78. The van der Waals surface area contributed by atoms with Crippen molar-refractivity contribution in [3.8, 4) is 0 Å². The number of carbonyl (C=O) groups excluding carboxylic acids is 1. The van der Waals surface area contributed by atoms with Crippen LogP contribution in [0.1, 0.15) is 33.0 Å². The van der Waals surface area contributed by atoms with Crippen LogP contribution in [0.25, 0.3) is 0 Å². The molecule has 0 atom stereocenters. The SMILES string of the molecule is Cc1nc(C(=O)NCCS(=O)(=O)Cc2ccccc2)nc(NCCc2cn[nH]c2)c1C. The molecule has 3 aromatic rings. The lowest BCUT2D eigenvalue weighted by molar-refractivity contribution is 0.0945. The Labute approximate surface area is 181 Å². The van der Waals surface area contributed by atoms with Gasteiger partial charge >= 0.3 is 0 Å². The molecule has 0 bridgehead atoms. The van der Waals surface area contributed by atoms with E-state index >= 15 is 0 Å². The van der Waals surface area contributed by atoms with Gasteiger partial charge in [0.1, 0.15) is 5.82 Å². The van der Waals surface area contributed by atoms with E-state index in [1.807, 2.05) is 19.2 Å². The van der Waals surface area contributed by atoms with Crippen molar-refractivity contribution in [2.45, 2.75) is 26.0 Å². The Balaban J connectivity index is 1.56. The van der Waals surface area contributed by atoms with Crippen molar-refractivity contribution in [2.24, 2.45) is 0 Å². The first-order chi connectivity index (χ1) is 14.8. The number of hydrogen-bond acceptors (Lipinski definition) is 7. The van der Waals surface area contributed by atoms with Gasteiger partial charge in [0.05, 0.1) is 17.7 Å². The number of carbonyl (C=O) groups is 1. The van der Waals surface area contributed by atoms with Crippen LogP contribution in [0, 0.1) is 13.8 Å². The van der Waals surface area contributed by atoms with Gasteiger partial charge < -0.3 is 10.6 Å². The number of aromatic amines is 1. The zero-order chi connectivity index (χ0) is 22.3. The summed E-state index contributed by atoms with van der Waals surface area (Å²) in [6.45, 7) is 4.30. The van der Waals surface area contributed by atoms with E-state index in [0.29, 0.717) is 18.1 Å². The highest BCUT2D eigenvalue weighted by molar-refractivity contribution is 7.90. The minimum Gasteiger partial charge on any atom is -0.369 e. The van der Waals surface area contributed by atoms with Crippen LogP contribution in [0.3, 0.4) is 0 Å². The summed E-state index contributed by atoms with van der Waals surface area (Å²) < 4.78 is 24.6. The second kappa shape index (κ2) is 10.2. The van der Waals surface area contributed by atoms with Crippen LogP contribution in [-0.2, 0) is 22.0 Å². The van der Waals surface area contributed by atoms with Crippen molar-refractivity contribution in [3.05, 3.63) is 70.9 Å². The Bertz CT molecular complexity index is 1120. The molecule has 0 saturated heterocycles. The lowest BCUT2D eigenvalue weighted by Crippen LogP contribution is -2.31. The number of hydrogen-bond donors (Lipinski definition) is 3.